The molecule has 1 aliphatic rings. The number of rotatable bonds is 3. The SMILES string of the molecule is CC(=NC(=N)C1(c2ccccc2)CCNCC1)c1cc(Br)ccc1C. The van der Waals surface area contributed by atoms with E-state index in [1.807, 2.05) is 19.1 Å². The number of aryl methyl sites for hydroxylation is 1. The molecular formula is C21H24BrN3. The third-order valence-corrected chi connectivity index (χ3v) is 5.60. The second-order valence-electron chi connectivity index (χ2n) is 6.70. The standard InChI is InChI=1S/C21H24BrN3/c1-15-8-9-18(22)14-19(15)16(2)25-20(23)21(10-12-24-13-11-21)17-6-4-3-5-7-17/h3-9,14,23-24H,10-13H2,1-2H3. The molecule has 1 aliphatic heterocycles. The zero-order valence-electron chi connectivity index (χ0n) is 14.8. The molecular weight excluding hydrogens is 374 g/mol. The van der Waals surface area contributed by atoms with Gasteiger partial charge in [-0.3, -0.25) is 5.41 Å². The highest BCUT2D eigenvalue weighted by Crippen LogP contribution is 2.35. The van der Waals surface area contributed by atoms with E-state index in [9.17, 15) is 0 Å². The van der Waals surface area contributed by atoms with E-state index in [1.54, 1.807) is 0 Å². The molecule has 0 bridgehead atoms. The first-order chi connectivity index (χ1) is 12.0. The van der Waals surface area contributed by atoms with E-state index < -0.39 is 0 Å². The van der Waals surface area contributed by atoms with Crippen molar-refractivity contribution in [1.29, 1.82) is 5.41 Å². The zero-order chi connectivity index (χ0) is 17.9. The molecule has 2 aromatic rings. The van der Waals surface area contributed by atoms with Gasteiger partial charge in [-0.1, -0.05) is 52.3 Å². The lowest BCUT2D eigenvalue weighted by atomic mass is 9.72. The summed E-state index contributed by atoms with van der Waals surface area (Å²) in [6.07, 6.45) is 1.81. The molecule has 0 amide bonds. The lowest BCUT2D eigenvalue weighted by Crippen LogP contribution is -2.45. The number of halogens is 1. The molecule has 3 rings (SSSR count). The van der Waals surface area contributed by atoms with E-state index in [1.165, 1.54) is 11.1 Å². The zero-order valence-corrected chi connectivity index (χ0v) is 16.4. The van der Waals surface area contributed by atoms with Crippen LogP contribution in [0.2, 0.25) is 0 Å². The van der Waals surface area contributed by atoms with E-state index in [2.05, 4.69) is 64.6 Å². The van der Waals surface area contributed by atoms with Crippen LogP contribution < -0.4 is 5.32 Å². The van der Waals surface area contributed by atoms with Crippen LogP contribution in [0.3, 0.4) is 0 Å². The van der Waals surface area contributed by atoms with Crippen LogP contribution in [0.15, 0.2) is 58.0 Å². The Kier molecular flexibility index (Phi) is 5.50. The Balaban J connectivity index is 1.99. The summed E-state index contributed by atoms with van der Waals surface area (Å²) in [7, 11) is 0. The minimum absolute atomic E-state index is 0.298. The van der Waals surface area contributed by atoms with E-state index >= 15 is 0 Å². The molecule has 0 unspecified atom stereocenters. The fraction of sp³-hybridized carbons (Fsp3) is 0.333. The Bertz CT molecular complexity index is 790. The Labute approximate surface area is 158 Å². The maximum absolute atomic E-state index is 8.85. The van der Waals surface area contributed by atoms with Gasteiger partial charge in [-0.25, -0.2) is 4.99 Å². The maximum atomic E-state index is 8.85. The molecule has 0 aliphatic carbocycles. The van der Waals surface area contributed by atoms with E-state index in [4.69, 9.17) is 10.4 Å². The Hall–Kier alpha value is -1.78. The fourth-order valence-corrected chi connectivity index (χ4v) is 3.95. The first-order valence-corrected chi connectivity index (χ1v) is 9.49. The van der Waals surface area contributed by atoms with Crippen molar-refractivity contribution in [2.24, 2.45) is 4.99 Å². The van der Waals surface area contributed by atoms with Gasteiger partial charge in [0, 0.05) is 10.2 Å². The van der Waals surface area contributed by atoms with Crippen LogP contribution in [-0.2, 0) is 5.41 Å². The second kappa shape index (κ2) is 7.63. The van der Waals surface area contributed by atoms with Gasteiger partial charge < -0.3 is 5.32 Å². The van der Waals surface area contributed by atoms with Crippen molar-refractivity contribution in [1.82, 2.24) is 5.32 Å². The number of benzene rings is 2. The molecule has 0 spiro atoms. The average molecular weight is 398 g/mol. The third-order valence-electron chi connectivity index (χ3n) is 5.11. The molecule has 25 heavy (non-hydrogen) atoms. The van der Waals surface area contributed by atoms with E-state index in [0.717, 1.165) is 41.7 Å². The first-order valence-electron chi connectivity index (χ1n) is 8.70. The van der Waals surface area contributed by atoms with Crippen LogP contribution in [-0.4, -0.2) is 24.6 Å². The number of amidine groups is 1. The van der Waals surface area contributed by atoms with Gasteiger partial charge in [-0.15, -0.1) is 0 Å². The largest absolute Gasteiger partial charge is 0.317 e. The normalized spacial score (nSPS) is 17.3. The van der Waals surface area contributed by atoms with Gasteiger partial charge in [0.1, 0.15) is 5.84 Å². The smallest absolute Gasteiger partial charge is 0.131 e. The Morgan fingerprint density at radius 3 is 2.48 bits per heavy atom. The molecule has 0 atom stereocenters. The molecule has 1 heterocycles. The molecule has 1 fully saturated rings. The second-order valence-corrected chi connectivity index (χ2v) is 7.62. The van der Waals surface area contributed by atoms with Crippen LogP contribution in [0.1, 0.15) is 36.5 Å². The minimum Gasteiger partial charge on any atom is -0.317 e. The van der Waals surface area contributed by atoms with Gasteiger partial charge in [0.15, 0.2) is 0 Å². The van der Waals surface area contributed by atoms with Crippen molar-refractivity contribution in [3.05, 3.63) is 69.7 Å². The predicted molar refractivity (Wildman–Crippen MR) is 109 cm³/mol. The molecule has 0 saturated carbocycles. The number of hydrogen-bond acceptors (Lipinski definition) is 2. The fourth-order valence-electron chi connectivity index (χ4n) is 3.59. The summed E-state index contributed by atoms with van der Waals surface area (Å²) in [6, 6.07) is 16.6. The van der Waals surface area contributed by atoms with Gasteiger partial charge in [0.2, 0.25) is 0 Å². The van der Waals surface area contributed by atoms with E-state index in [-0.39, 0.29) is 5.41 Å². The third kappa shape index (κ3) is 3.75. The predicted octanol–water partition coefficient (Wildman–Crippen LogP) is 4.87. The molecule has 0 aromatic heterocycles. The monoisotopic (exact) mass is 397 g/mol. The molecule has 1 saturated heterocycles. The summed E-state index contributed by atoms with van der Waals surface area (Å²) < 4.78 is 1.04. The highest BCUT2D eigenvalue weighted by Gasteiger charge is 2.38. The minimum atomic E-state index is -0.298. The van der Waals surface area contributed by atoms with Crippen molar-refractivity contribution in [3.8, 4) is 0 Å². The number of hydrogen-bond donors (Lipinski definition) is 2. The lowest BCUT2D eigenvalue weighted by molar-refractivity contribution is 0.393. The number of nitrogens with zero attached hydrogens (tertiary/aromatic N) is 1. The Morgan fingerprint density at radius 1 is 1.12 bits per heavy atom. The maximum Gasteiger partial charge on any atom is 0.131 e. The van der Waals surface area contributed by atoms with Crippen LogP contribution in [0.25, 0.3) is 0 Å². The van der Waals surface area contributed by atoms with Gasteiger partial charge in [0.05, 0.1) is 5.41 Å². The quantitative estimate of drug-likeness (QED) is 0.563. The van der Waals surface area contributed by atoms with Crippen molar-refractivity contribution in [3.63, 3.8) is 0 Å². The molecule has 4 heteroatoms. The molecule has 0 radical (unpaired) electrons. The van der Waals surface area contributed by atoms with Gasteiger partial charge in [-0.05, 0) is 68.6 Å². The summed E-state index contributed by atoms with van der Waals surface area (Å²) >= 11 is 3.54. The van der Waals surface area contributed by atoms with E-state index in [0.29, 0.717) is 5.84 Å². The molecule has 2 aromatic carbocycles. The Morgan fingerprint density at radius 2 is 1.80 bits per heavy atom. The first kappa shape index (κ1) is 18.0. The highest BCUT2D eigenvalue weighted by atomic mass is 79.9. The summed E-state index contributed by atoms with van der Waals surface area (Å²) in [5.41, 5.74) is 4.07. The van der Waals surface area contributed by atoms with Gasteiger partial charge in [-0.2, -0.15) is 0 Å². The summed E-state index contributed by atoms with van der Waals surface area (Å²) in [5.74, 6) is 0.470. The van der Waals surface area contributed by atoms with Gasteiger partial charge >= 0.3 is 0 Å². The van der Waals surface area contributed by atoms with Crippen molar-refractivity contribution < 1.29 is 0 Å². The molecule has 3 nitrogen and oxygen atoms in total. The molecule has 130 valence electrons. The van der Waals surface area contributed by atoms with Crippen molar-refractivity contribution in [2.45, 2.75) is 32.1 Å². The number of nitrogens with one attached hydrogen (secondary N) is 2. The van der Waals surface area contributed by atoms with Gasteiger partial charge in [0.25, 0.3) is 0 Å². The topological polar surface area (TPSA) is 48.2 Å². The van der Waals surface area contributed by atoms with Crippen LogP contribution in [0.4, 0.5) is 0 Å². The van der Waals surface area contributed by atoms with Crippen LogP contribution in [0, 0.1) is 12.3 Å². The lowest BCUT2D eigenvalue weighted by Gasteiger charge is -2.37. The van der Waals surface area contributed by atoms with Crippen LogP contribution >= 0.6 is 15.9 Å². The summed E-state index contributed by atoms with van der Waals surface area (Å²) in [6.45, 7) is 5.93. The van der Waals surface area contributed by atoms with Crippen LogP contribution in [0.5, 0.6) is 0 Å². The van der Waals surface area contributed by atoms with Crippen molar-refractivity contribution in [2.75, 3.05) is 13.1 Å². The number of piperidine rings is 1. The average Bonchev–Trinajstić information content (AvgIpc) is 2.64. The molecule has 2 N–H and O–H groups in total. The highest BCUT2D eigenvalue weighted by molar-refractivity contribution is 9.10. The number of aliphatic imine (C=N–C) groups is 1. The summed E-state index contributed by atoms with van der Waals surface area (Å²) in [4.78, 5) is 4.77. The van der Waals surface area contributed by atoms with Crippen molar-refractivity contribution >= 4 is 27.5 Å². The summed E-state index contributed by atoms with van der Waals surface area (Å²) in [5, 5.41) is 12.3.